The fourth-order valence-electron chi connectivity index (χ4n) is 3.73. The summed E-state index contributed by atoms with van der Waals surface area (Å²) >= 11 is 0. The van der Waals surface area contributed by atoms with Gasteiger partial charge in [-0.1, -0.05) is 6.92 Å². The lowest BCUT2D eigenvalue weighted by atomic mass is 9.93. The molecule has 0 radical (unpaired) electrons. The van der Waals surface area contributed by atoms with E-state index in [-0.39, 0.29) is 5.91 Å². The Morgan fingerprint density at radius 2 is 2.06 bits per heavy atom. The van der Waals surface area contributed by atoms with E-state index in [4.69, 9.17) is 14.2 Å². The van der Waals surface area contributed by atoms with E-state index >= 15 is 0 Å². The van der Waals surface area contributed by atoms with Gasteiger partial charge in [-0.3, -0.25) is 9.59 Å². The zero-order valence-electron chi connectivity index (χ0n) is 19.6. The van der Waals surface area contributed by atoms with Gasteiger partial charge in [-0.2, -0.15) is 5.10 Å². The van der Waals surface area contributed by atoms with Crippen molar-refractivity contribution in [3.05, 3.63) is 24.2 Å². The highest BCUT2D eigenvalue weighted by molar-refractivity contribution is 5.93. The molecule has 0 aliphatic carbocycles. The number of aliphatic hydroxyl groups excluding tert-OH is 2. The summed E-state index contributed by atoms with van der Waals surface area (Å²) in [4.78, 5) is 28.2. The highest BCUT2D eigenvalue weighted by Crippen LogP contribution is 2.41. The van der Waals surface area contributed by atoms with Gasteiger partial charge >= 0.3 is 5.97 Å². The summed E-state index contributed by atoms with van der Waals surface area (Å²) < 4.78 is 18.3. The average Bonchev–Trinajstić information content (AvgIpc) is 3.29. The third kappa shape index (κ3) is 5.01. The summed E-state index contributed by atoms with van der Waals surface area (Å²) in [5.74, 6) is -0.277. The lowest BCUT2D eigenvalue weighted by molar-refractivity contribution is -0.177. The number of nitrogens with zero attached hydrogens (tertiary/aromatic N) is 3. The van der Waals surface area contributed by atoms with Gasteiger partial charge in [0, 0.05) is 6.42 Å². The number of carbonyl (C=O) groups is 2. The lowest BCUT2D eigenvalue weighted by Crippen LogP contribution is -2.41. The van der Waals surface area contributed by atoms with Gasteiger partial charge in [-0.15, -0.1) is 0 Å². The number of esters is 1. The SMILES string of the molecule is CCCC(=O)Nc1ncnn2c([C@]3(C)O[C@H](CO)[C@@H](OCOC(=O)C(C)(C)C)[C@H]3O)ccc12. The van der Waals surface area contributed by atoms with E-state index in [2.05, 4.69) is 15.4 Å². The summed E-state index contributed by atoms with van der Waals surface area (Å²) in [7, 11) is 0. The first-order valence-electron chi connectivity index (χ1n) is 10.9. The molecule has 1 aliphatic rings. The van der Waals surface area contributed by atoms with Crippen LogP contribution >= 0.6 is 0 Å². The number of ether oxygens (including phenoxy) is 3. The van der Waals surface area contributed by atoms with Crippen LogP contribution in [0.3, 0.4) is 0 Å². The number of nitrogens with one attached hydrogen (secondary N) is 1. The number of anilines is 1. The van der Waals surface area contributed by atoms with Crippen LogP contribution in [0.4, 0.5) is 5.82 Å². The second kappa shape index (κ2) is 9.72. The summed E-state index contributed by atoms with van der Waals surface area (Å²) in [5.41, 5.74) is -1.00. The quantitative estimate of drug-likeness (QED) is 0.389. The Hall–Kier alpha value is -2.60. The maximum Gasteiger partial charge on any atom is 0.313 e. The Morgan fingerprint density at radius 1 is 1.33 bits per heavy atom. The van der Waals surface area contributed by atoms with Crippen molar-refractivity contribution in [2.75, 3.05) is 18.7 Å². The van der Waals surface area contributed by atoms with E-state index in [0.717, 1.165) is 0 Å². The van der Waals surface area contributed by atoms with Gasteiger partial charge in [-0.25, -0.2) is 9.50 Å². The molecule has 3 heterocycles. The van der Waals surface area contributed by atoms with Crippen LogP contribution < -0.4 is 5.32 Å². The van der Waals surface area contributed by atoms with E-state index < -0.39 is 48.7 Å². The Kier molecular flexibility index (Phi) is 7.37. The lowest BCUT2D eigenvalue weighted by Gasteiger charge is -2.28. The van der Waals surface area contributed by atoms with E-state index in [0.29, 0.717) is 29.9 Å². The van der Waals surface area contributed by atoms with Crippen molar-refractivity contribution in [1.29, 1.82) is 0 Å². The van der Waals surface area contributed by atoms with E-state index in [1.165, 1.54) is 10.8 Å². The number of amides is 1. The molecule has 1 fully saturated rings. The number of rotatable bonds is 8. The van der Waals surface area contributed by atoms with Crippen LogP contribution in [0.1, 0.15) is 53.2 Å². The first kappa shape index (κ1) is 25.0. The number of aliphatic hydroxyl groups is 2. The van der Waals surface area contributed by atoms with Crippen molar-refractivity contribution in [1.82, 2.24) is 14.6 Å². The topological polar surface area (TPSA) is 145 Å². The molecule has 2 aromatic heterocycles. The van der Waals surface area contributed by atoms with Crippen LogP contribution in [0.2, 0.25) is 0 Å². The standard InChI is InChI=1S/C22H32N4O7/c1-6-7-16(28)25-19-13-8-9-15(26(13)24-11-23-19)22(5)18(29)17(14(10-27)33-22)31-12-32-20(30)21(2,3)4/h8-9,11,14,17-18,27,29H,6-7,10,12H2,1-5H3,(H,23,24,25,28)/t14-,17-,18-,22+/m1/s1. The smallest absolute Gasteiger partial charge is 0.313 e. The number of hydrogen-bond acceptors (Lipinski definition) is 9. The maximum atomic E-state index is 12.0. The molecule has 1 amide bonds. The number of carbonyl (C=O) groups excluding carboxylic acids is 2. The highest BCUT2D eigenvalue weighted by atomic mass is 16.7. The third-order valence-electron chi connectivity index (χ3n) is 5.58. The zero-order valence-corrected chi connectivity index (χ0v) is 19.6. The molecule has 1 saturated heterocycles. The molecule has 11 heteroatoms. The van der Waals surface area contributed by atoms with Crippen LogP contribution in [0.25, 0.3) is 5.52 Å². The molecule has 2 aromatic rings. The van der Waals surface area contributed by atoms with Crippen molar-refractivity contribution < 1.29 is 34.0 Å². The monoisotopic (exact) mass is 464 g/mol. The van der Waals surface area contributed by atoms with Gasteiger partial charge in [0.25, 0.3) is 0 Å². The normalized spacial score (nSPS) is 25.4. The number of hydrogen-bond donors (Lipinski definition) is 3. The number of fused-ring (bicyclic) bond motifs is 1. The van der Waals surface area contributed by atoms with Crippen molar-refractivity contribution in [3.8, 4) is 0 Å². The predicted molar refractivity (Wildman–Crippen MR) is 117 cm³/mol. The van der Waals surface area contributed by atoms with Gasteiger partial charge < -0.3 is 29.7 Å². The molecule has 3 rings (SSSR count). The van der Waals surface area contributed by atoms with Crippen LogP contribution in [0, 0.1) is 5.41 Å². The molecule has 0 unspecified atom stereocenters. The summed E-state index contributed by atoms with van der Waals surface area (Å²) in [6, 6.07) is 3.42. The summed E-state index contributed by atoms with van der Waals surface area (Å²) in [5, 5.41) is 28.0. The van der Waals surface area contributed by atoms with Crippen LogP contribution in [0.15, 0.2) is 18.5 Å². The molecule has 0 saturated carbocycles. The van der Waals surface area contributed by atoms with Gasteiger partial charge in [0.15, 0.2) is 12.6 Å². The molecule has 4 atom stereocenters. The summed E-state index contributed by atoms with van der Waals surface area (Å²) in [6.45, 7) is 7.91. The molecule has 0 bridgehead atoms. The largest absolute Gasteiger partial charge is 0.438 e. The molecule has 0 spiro atoms. The van der Waals surface area contributed by atoms with Crippen molar-refractivity contribution in [2.24, 2.45) is 5.41 Å². The Morgan fingerprint density at radius 3 is 2.70 bits per heavy atom. The van der Waals surface area contributed by atoms with E-state index in [9.17, 15) is 19.8 Å². The fourth-order valence-corrected chi connectivity index (χ4v) is 3.73. The average molecular weight is 465 g/mol. The second-order valence-corrected chi connectivity index (χ2v) is 9.24. The van der Waals surface area contributed by atoms with Crippen molar-refractivity contribution in [3.63, 3.8) is 0 Å². The van der Waals surface area contributed by atoms with Gasteiger partial charge in [0.05, 0.1) is 17.7 Å². The minimum atomic E-state index is -1.31. The molecule has 182 valence electrons. The first-order valence-corrected chi connectivity index (χ1v) is 10.9. The van der Waals surface area contributed by atoms with Crippen LogP contribution in [0.5, 0.6) is 0 Å². The minimum absolute atomic E-state index is 0.164. The first-order chi connectivity index (χ1) is 15.5. The molecule has 33 heavy (non-hydrogen) atoms. The van der Waals surface area contributed by atoms with Crippen LogP contribution in [-0.4, -0.2) is 68.4 Å². The zero-order chi connectivity index (χ0) is 24.4. The fraction of sp³-hybridized carbons (Fsp3) is 0.636. The third-order valence-corrected chi connectivity index (χ3v) is 5.58. The second-order valence-electron chi connectivity index (χ2n) is 9.24. The van der Waals surface area contributed by atoms with Gasteiger partial charge in [0.2, 0.25) is 5.91 Å². The molecular formula is C22H32N4O7. The molecule has 0 aromatic carbocycles. The molecular weight excluding hydrogens is 432 g/mol. The summed E-state index contributed by atoms with van der Waals surface area (Å²) in [6.07, 6.45) is -0.675. The van der Waals surface area contributed by atoms with E-state index in [1.807, 2.05) is 6.92 Å². The number of aromatic nitrogens is 3. The maximum absolute atomic E-state index is 12.0. The predicted octanol–water partition coefficient (Wildman–Crippen LogP) is 1.37. The minimum Gasteiger partial charge on any atom is -0.438 e. The Bertz CT molecular complexity index is 1000. The highest BCUT2D eigenvalue weighted by Gasteiger charge is 2.54. The van der Waals surface area contributed by atoms with E-state index in [1.54, 1.807) is 39.8 Å². The van der Waals surface area contributed by atoms with Crippen molar-refractivity contribution in [2.45, 2.75) is 71.4 Å². The van der Waals surface area contributed by atoms with Crippen molar-refractivity contribution >= 4 is 23.2 Å². The molecule has 11 nitrogen and oxygen atoms in total. The molecule has 3 N–H and O–H groups in total. The Labute approximate surface area is 192 Å². The molecule has 1 aliphatic heterocycles. The van der Waals surface area contributed by atoms with Gasteiger partial charge in [-0.05, 0) is 46.2 Å². The van der Waals surface area contributed by atoms with Gasteiger partial charge in [0.1, 0.15) is 35.8 Å². The van der Waals surface area contributed by atoms with Crippen LogP contribution in [-0.2, 0) is 29.4 Å². The Balaban J connectivity index is 1.83.